The van der Waals surface area contributed by atoms with Crippen molar-refractivity contribution in [2.24, 2.45) is 5.41 Å². The van der Waals surface area contributed by atoms with Gasteiger partial charge in [-0.05, 0) is 12.3 Å². The second-order valence-electron chi connectivity index (χ2n) is 4.74. The average Bonchev–Trinajstić information content (AvgIpc) is 2.13. The smallest absolute Gasteiger partial charge is 0.341 e. The number of urea groups is 1. The van der Waals surface area contributed by atoms with Gasteiger partial charge in [0.2, 0.25) is 0 Å². The van der Waals surface area contributed by atoms with Gasteiger partial charge in [0, 0.05) is 13.1 Å². The quantitative estimate of drug-likeness (QED) is 0.711. The highest BCUT2D eigenvalue weighted by molar-refractivity contribution is 5.73. The highest BCUT2D eigenvalue weighted by Gasteiger charge is 2.27. The van der Waals surface area contributed by atoms with Gasteiger partial charge in [-0.1, -0.05) is 20.8 Å². The molecule has 0 radical (unpaired) electrons. The zero-order valence-corrected chi connectivity index (χ0v) is 10.4. The van der Waals surface area contributed by atoms with E-state index >= 15 is 0 Å². The predicted octanol–water partition coefficient (Wildman–Crippen LogP) is 1.08. The van der Waals surface area contributed by atoms with Crippen LogP contribution in [0, 0.1) is 5.41 Å². The minimum atomic E-state index is -1.13. The van der Waals surface area contributed by atoms with Crippen molar-refractivity contribution in [2.45, 2.75) is 33.7 Å². The minimum Gasteiger partial charge on any atom is -0.479 e. The molecule has 0 aromatic rings. The normalized spacial score (nSPS) is 13.1. The fraction of sp³-hybridized carbons (Fsp3) is 0.800. The third-order valence-electron chi connectivity index (χ3n) is 2.51. The minimum absolute atomic E-state index is 0.000859. The van der Waals surface area contributed by atoms with Crippen LogP contribution in [0.4, 0.5) is 4.79 Å². The molecule has 2 amide bonds. The SMILES string of the molecule is CC(N(C)C(=O)NOCC(=O)O)C(C)(C)C. The van der Waals surface area contributed by atoms with Crippen LogP contribution in [0.3, 0.4) is 0 Å². The molecule has 0 rings (SSSR count). The summed E-state index contributed by atoms with van der Waals surface area (Å²) in [5.74, 6) is -1.13. The highest BCUT2D eigenvalue weighted by atomic mass is 16.7. The van der Waals surface area contributed by atoms with Crippen molar-refractivity contribution in [2.75, 3.05) is 13.7 Å². The van der Waals surface area contributed by atoms with E-state index in [0.717, 1.165) is 0 Å². The largest absolute Gasteiger partial charge is 0.479 e. The van der Waals surface area contributed by atoms with E-state index < -0.39 is 18.6 Å². The summed E-state index contributed by atoms with van der Waals surface area (Å²) in [4.78, 5) is 27.6. The second kappa shape index (κ2) is 5.69. The van der Waals surface area contributed by atoms with Gasteiger partial charge in [0.1, 0.15) is 0 Å². The fourth-order valence-corrected chi connectivity index (χ4v) is 0.988. The first-order chi connectivity index (χ1) is 7.16. The molecular weight excluding hydrogens is 212 g/mol. The molecule has 0 aromatic carbocycles. The first-order valence-corrected chi connectivity index (χ1v) is 5.02. The van der Waals surface area contributed by atoms with Gasteiger partial charge in [0.25, 0.3) is 0 Å². The number of hydroxylamine groups is 1. The van der Waals surface area contributed by atoms with E-state index in [1.807, 2.05) is 27.7 Å². The van der Waals surface area contributed by atoms with Gasteiger partial charge in [-0.2, -0.15) is 0 Å². The molecule has 16 heavy (non-hydrogen) atoms. The number of hydrogen-bond acceptors (Lipinski definition) is 3. The number of aliphatic carboxylic acids is 1. The van der Waals surface area contributed by atoms with Crippen LogP contribution in [0.15, 0.2) is 0 Å². The summed E-state index contributed by atoms with van der Waals surface area (Å²) < 4.78 is 0. The monoisotopic (exact) mass is 232 g/mol. The molecule has 0 saturated carbocycles. The highest BCUT2D eigenvalue weighted by Crippen LogP contribution is 2.22. The van der Waals surface area contributed by atoms with Crippen molar-refractivity contribution >= 4 is 12.0 Å². The Bertz CT molecular complexity index is 260. The Morgan fingerprint density at radius 3 is 2.31 bits per heavy atom. The van der Waals surface area contributed by atoms with Gasteiger partial charge in [0.05, 0.1) is 0 Å². The fourth-order valence-electron chi connectivity index (χ4n) is 0.988. The molecule has 0 spiro atoms. The third kappa shape index (κ3) is 4.97. The van der Waals surface area contributed by atoms with Crippen LogP contribution in [0.25, 0.3) is 0 Å². The van der Waals surface area contributed by atoms with Gasteiger partial charge in [-0.3, -0.25) is 4.84 Å². The Labute approximate surface area is 95.5 Å². The molecule has 94 valence electrons. The van der Waals surface area contributed by atoms with Crippen LogP contribution in [0.2, 0.25) is 0 Å². The second-order valence-corrected chi connectivity index (χ2v) is 4.74. The maximum atomic E-state index is 11.5. The standard InChI is InChI=1S/C10H20N2O4/c1-7(10(2,3)4)12(5)9(15)11-16-6-8(13)14/h7H,6H2,1-5H3,(H,11,15)(H,13,14). The van der Waals surface area contributed by atoms with Crippen LogP contribution in [-0.4, -0.2) is 41.7 Å². The van der Waals surface area contributed by atoms with E-state index in [2.05, 4.69) is 10.3 Å². The molecule has 1 atom stereocenters. The molecule has 6 nitrogen and oxygen atoms in total. The lowest BCUT2D eigenvalue weighted by Gasteiger charge is -2.34. The molecule has 0 heterocycles. The number of hydrogen-bond donors (Lipinski definition) is 2. The number of carboxylic acids is 1. The van der Waals surface area contributed by atoms with E-state index in [4.69, 9.17) is 5.11 Å². The van der Waals surface area contributed by atoms with Crippen LogP contribution in [-0.2, 0) is 9.63 Å². The molecule has 0 aliphatic carbocycles. The molecule has 0 fully saturated rings. The number of carbonyl (C=O) groups excluding carboxylic acids is 1. The van der Waals surface area contributed by atoms with E-state index in [0.29, 0.717) is 0 Å². The maximum Gasteiger partial charge on any atom is 0.341 e. The van der Waals surface area contributed by atoms with Crippen molar-refractivity contribution < 1.29 is 19.5 Å². The summed E-state index contributed by atoms with van der Waals surface area (Å²) in [5.41, 5.74) is 2.02. The Kier molecular flexibility index (Phi) is 5.23. The lowest BCUT2D eigenvalue weighted by molar-refractivity contribution is -0.144. The molecule has 2 N–H and O–H groups in total. The molecule has 6 heteroatoms. The van der Waals surface area contributed by atoms with Gasteiger partial charge in [0.15, 0.2) is 6.61 Å². The van der Waals surface area contributed by atoms with Gasteiger partial charge < -0.3 is 10.0 Å². The summed E-state index contributed by atoms with van der Waals surface area (Å²) in [6.45, 7) is 7.40. The Morgan fingerprint density at radius 1 is 1.44 bits per heavy atom. The van der Waals surface area contributed by atoms with E-state index in [1.54, 1.807) is 7.05 Å². The van der Waals surface area contributed by atoms with Crippen LogP contribution in [0.5, 0.6) is 0 Å². The Hall–Kier alpha value is -1.30. The van der Waals surface area contributed by atoms with E-state index in [1.165, 1.54) is 4.90 Å². The van der Waals surface area contributed by atoms with E-state index in [-0.39, 0.29) is 11.5 Å². The van der Waals surface area contributed by atoms with Gasteiger partial charge >= 0.3 is 12.0 Å². The molecule has 1 unspecified atom stereocenters. The maximum absolute atomic E-state index is 11.5. The Balaban J connectivity index is 4.14. The first-order valence-electron chi connectivity index (χ1n) is 5.02. The zero-order valence-electron chi connectivity index (χ0n) is 10.4. The van der Waals surface area contributed by atoms with Crippen molar-refractivity contribution in [3.63, 3.8) is 0 Å². The third-order valence-corrected chi connectivity index (χ3v) is 2.51. The molecule has 0 aromatic heterocycles. The predicted molar refractivity (Wildman–Crippen MR) is 58.8 cm³/mol. The average molecular weight is 232 g/mol. The molecule has 0 saturated heterocycles. The molecule has 0 aliphatic rings. The summed E-state index contributed by atoms with van der Waals surface area (Å²) in [7, 11) is 1.63. The number of nitrogens with one attached hydrogen (secondary N) is 1. The number of amides is 2. The molecular formula is C10H20N2O4. The summed E-state index contributed by atoms with van der Waals surface area (Å²) in [6, 6.07) is -0.454. The van der Waals surface area contributed by atoms with Crippen molar-refractivity contribution in [1.82, 2.24) is 10.4 Å². The summed E-state index contributed by atoms with van der Waals surface area (Å²) >= 11 is 0. The van der Waals surface area contributed by atoms with E-state index in [9.17, 15) is 9.59 Å². The first kappa shape index (κ1) is 14.7. The number of nitrogens with zero attached hydrogens (tertiary/aromatic N) is 1. The van der Waals surface area contributed by atoms with Crippen LogP contribution < -0.4 is 5.48 Å². The zero-order chi connectivity index (χ0) is 12.9. The van der Waals surface area contributed by atoms with Gasteiger partial charge in [-0.25, -0.2) is 15.1 Å². The summed E-state index contributed by atoms with van der Waals surface area (Å²) in [6.07, 6.45) is 0. The number of rotatable bonds is 4. The summed E-state index contributed by atoms with van der Waals surface area (Å²) in [5, 5.41) is 8.31. The lowest BCUT2D eigenvalue weighted by Crippen LogP contribution is -2.47. The van der Waals surface area contributed by atoms with Crippen molar-refractivity contribution in [3.05, 3.63) is 0 Å². The lowest BCUT2D eigenvalue weighted by atomic mass is 9.87. The van der Waals surface area contributed by atoms with Crippen molar-refractivity contribution in [1.29, 1.82) is 0 Å². The Morgan fingerprint density at radius 2 is 1.94 bits per heavy atom. The van der Waals surface area contributed by atoms with Crippen LogP contribution >= 0.6 is 0 Å². The topological polar surface area (TPSA) is 78.9 Å². The van der Waals surface area contributed by atoms with Crippen molar-refractivity contribution in [3.8, 4) is 0 Å². The molecule has 0 bridgehead atoms. The number of carbonyl (C=O) groups is 2. The van der Waals surface area contributed by atoms with Crippen LogP contribution in [0.1, 0.15) is 27.7 Å². The molecule has 0 aliphatic heterocycles. The van der Waals surface area contributed by atoms with Gasteiger partial charge in [-0.15, -0.1) is 0 Å². The number of carboxylic acid groups (broad SMARTS) is 1.